The second kappa shape index (κ2) is 7.11. The van der Waals surface area contributed by atoms with Gasteiger partial charge in [-0.1, -0.05) is 19.1 Å². The summed E-state index contributed by atoms with van der Waals surface area (Å²) < 4.78 is 5.20. The predicted octanol–water partition coefficient (Wildman–Crippen LogP) is 2.70. The summed E-state index contributed by atoms with van der Waals surface area (Å²) in [4.78, 5) is 22.4. The Hall–Kier alpha value is -2.04. The maximum Gasteiger partial charge on any atom is 0.325 e. The van der Waals surface area contributed by atoms with Crippen LogP contribution in [0.15, 0.2) is 24.3 Å². The number of anilines is 1. The van der Waals surface area contributed by atoms with Gasteiger partial charge in [-0.25, -0.2) is 0 Å². The van der Waals surface area contributed by atoms with Crippen LogP contribution >= 0.6 is 0 Å². The van der Waals surface area contributed by atoms with E-state index >= 15 is 0 Å². The normalized spacial score (nSPS) is 12.6. The largest absolute Gasteiger partial charge is 0.481 e. The number of carbonyl (C=O) groups excluding carboxylic acids is 1. The molecule has 0 saturated heterocycles. The number of ether oxygens (including phenoxy) is 1. The second-order valence-corrected chi connectivity index (χ2v) is 6.08. The summed E-state index contributed by atoms with van der Waals surface area (Å²) in [6.07, 6.45) is 0.488. The minimum Gasteiger partial charge on any atom is -0.481 e. The Labute approximate surface area is 125 Å². The number of rotatable bonds is 6. The molecule has 1 rings (SSSR count). The summed E-state index contributed by atoms with van der Waals surface area (Å²) in [5.41, 5.74) is 1.26. The lowest BCUT2D eigenvalue weighted by atomic mass is 10.0. The molecule has 0 radical (unpaired) electrons. The van der Waals surface area contributed by atoms with Crippen molar-refractivity contribution in [1.82, 2.24) is 0 Å². The van der Waals surface area contributed by atoms with E-state index in [1.807, 2.05) is 45.0 Å². The molecule has 116 valence electrons. The molecule has 5 nitrogen and oxygen atoms in total. The number of carboxylic acid groups (broad SMARTS) is 1. The van der Waals surface area contributed by atoms with Crippen LogP contribution in [0.2, 0.25) is 0 Å². The first-order chi connectivity index (χ1) is 9.67. The molecule has 1 aromatic carbocycles. The number of aliphatic carboxylic acids is 1. The molecule has 0 amide bonds. The number of carbonyl (C=O) groups is 2. The lowest BCUT2D eigenvalue weighted by Gasteiger charge is -2.19. The fourth-order valence-corrected chi connectivity index (χ4v) is 1.75. The Balaban J connectivity index is 2.48. The van der Waals surface area contributed by atoms with Gasteiger partial charge in [0, 0.05) is 5.69 Å². The topological polar surface area (TPSA) is 75.6 Å². The van der Waals surface area contributed by atoms with E-state index in [4.69, 9.17) is 9.84 Å². The first kappa shape index (κ1) is 17.0. The lowest BCUT2D eigenvalue weighted by Crippen LogP contribution is -2.28. The highest BCUT2D eigenvalue weighted by atomic mass is 16.6. The van der Waals surface area contributed by atoms with Crippen LogP contribution in [0.1, 0.15) is 33.3 Å². The van der Waals surface area contributed by atoms with E-state index in [2.05, 4.69) is 5.32 Å². The third kappa shape index (κ3) is 6.79. The quantitative estimate of drug-likeness (QED) is 0.789. The van der Waals surface area contributed by atoms with Gasteiger partial charge in [0.25, 0.3) is 0 Å². The zero-order valence-electron chi connectivity index (χ0n) is 13.0. The maximum atomic E-state index is 11.6. The third-order valence-corrected chi connectivity index (χ3v) is 2.77. The van der Waals surface area contributed by atoms with Crippen LogP contribution in [-0.2, 0) is 20.7 Å². The fraction of sp³-hybridized carbons (Fsp3) is 0.500. The van der Waals surface area contributed by atoms with Crippen LogP contribution in [0.5, 0.6) is 0 Å². The standard InChI is InChI=1S/C16H23NO4/c1-11(15(19)20)9-12-5-7-13(8-6-12)17-10-14(18)21-16(2,3)4/h5-8,11,17H,9-10H2,1-4H3,(H,19,20). The zero-order valence-corrected chi connectivity index (χ0v) is 13.0. The van der Waals surface area contributed by atoms with Crippen molar-refractivity contribution < 1.29 is 19.4 Å². The van der Waals surface area contributed by atoms with E-state index < -0.39 is 17.5 Å². The van der Waals surface area contributed by atoms with Gasteiger partial charge in [-0.15, -0.1) is 0 Å². The SMILES string of the molecule is CC(Cc1ccc(NCC(=O)OC(C)(C)C)cc1)C(=O)O. The van der Waals surface area contributed by atoms with Gasteiger partial charge in [0.05, 0.1) is 5.92 Å². The molecular weight excluding hydrogens is 270 g/mol. The van der Waals surface area contributed by atoms with Gasteiger partial charge in [-0.2, -0.15) is 0 Å². The highest BCUT2D eigenvalue weighted by molar-refractivity contribution is 5.75. The first-order valence-electron chi connectivity index (χ1n) is 6.95. The van der Waals surface area contributed by atoms with Crippen molar-refractivity contribution in [2.24, 2.45) is 5.92 Å². The van der Waals surface area contributed by atoms with Crippen molar-refractivity contribution in [2.75, 3.05) is 11.9 Å². The summed E-state index contributed by atoms with van der Waals surface area (Å²) >= 11 is 0. The Bertz CT molecular complexity index is 488. The van der Waals surface area contributed by atoms with Crippen LogP contribution in [0.25, 0.3) is 0 Å². The minimum absolute atomic E-state index is 0.0994. The zero-order chi connectivity index (χ0) is 16.0. The van der Waals surface area contributed by atoms with Crippen LogP contribution in [0.3, 0.4) is 0 Å². The molecule has 0 spiro atoms. The molecule has 5 heteroatoms. The van der Waals surface area contributed by atoms with Crippen LogP contribution in [0.4, 0.5) is 5.69 Å². The van der Waals surface area contributed by atoms with Crippen molar-refractivity contribution in [2.45, 2.75) is 39.7 Å². The molecule has 1 aromatic rings. The summed E-state index contributed by atoms with van der Waals surface area (Å²) in [7, 11) is 0. The highest BCUT2D eigenvalue weighted by Gasteiger charge is 2.16. The third-order valence-electron chi connectivity index (χ3n) is 2.77. The average Bonchev–Trinajstić information content (AvgIpc) is 2.35. The van der Waals surface area contributed by atoms with Crippen LogP contribution in [-0.4, -0.2) is 29.2 Å². The minimum atomic E-state index is -0.804. The Morgan fingerprint density at radius 2 is 1.81 bits per heavy atom. The molecule has 2 N–H and O–H groups in total. The van der Waals surface area contributed by atoms with Gasteiger partial charge < -0.3 is 15.2 Å². The maximum absolute atomic E-state index is 11.6. The van der Waals surface area contributed by atoms with Crippen molar-refractivity contribution >= 4 is 17.6 Å². The monoisotopic (exact) mass is 293 g/mol. The lowest BCUT2D eigenvalue weighted by molar-refractivity contribution is -0.152. The molecule has 21 heavy (non-hydrogen) atoms. The smallest absolute Gasteiger partial charge is 0.325 e. The van der Waals surface area contributed by atoms with Crippen molar-refractivity contribution in [1.29, 1.82) is 0 Å². The van der Waals surface area contributed by atoms with Crippen LogP contribution in [0, 0.1) is 5.92 Å². The second-order valence-electron chi connectivity index (χ2n) is 6.08. The van der Waals surface area contributed by atoms with Gasteiger partial charge in [0.2, 0.25) is 0 Å². The van der Waals surface area contributed by atoms with Crippen molar-refractivity contribution in [3.05, 3.63) is 29.8 Å². The first-order valence-corrected chi connectivity index (χ1v) is 6.95. The van der Waals surface area contributed by atoms with E-state index in [-0.39, 0.29) is 12.5 Å². The average molecular weight is 293 g/mol. The fourth-order valence-electron chi connectivity index (χ4n) is 1.75. The van der Waals surface area contributed by atoms with E-state index in [0.717, 1.165) is 11.3 Å². The number of carboxylic acids is 1. The molecule has 0 heterocycles. The molecule has 0 aliphatic rings. The molecule has 0 aromatic heterocycles. The van der Waals surface area contributed by atoms with Gasteiger partial charge in [0.15, 0.2) is 0 Å². The molecule has 0 aliphatic heterocycles. The number of esters is 1. The predicted molar refractivity (Wildman–Crippen MR) is 81.3 cm³/mol. The van der Waals surface area contributed by atoms with E-state index in [9.17, 15) is 9.59 Å². The summed E-state index contributed by atoms with van der Waals surface area (Å²) in [5, 5.41) is 11.9. The molecule has 1 unspecified atom stereocenters. The summed E-state index contributed by atoms with van der Waals surface area (Å²) in [5.74, 6) is -1.53. The molecule has 0 fully saturated rings. The molecule has 0 saturated carbocycles. The number of nitrogens with one attached hydrogen (secondary N) is 1. The molecule has 1 atom stereocenters. The Morgan fingerprint density at radius 3 is 2.29 bits per heavy atom. The Morgan fingerprint density at radius 1 is 1.24 bits per heavy atom. The van der Waals surface area contributed by atoms with Gasteiger partial charge in [-0.3, -0.25) is 9.59 Å². The van der Waals surface area contributed by atoms with E-state index in [1.54, 1.807) is 6.92 Å². The number of hydrogen-bond acceptors (Lipinski definition) is 4. The molecule has 0 bridgehead atoms. The van der Waals surface area contributed by atoms with Crippen molar-refractivity contribution in [3.8, 4) is 0 Å². The summed E-state index contributed by atoms with van der Waals surface area (Å²) in [6, 6.07) is 7.37. The van der Waals surface area contributed by atoms with Crippen molar-refractivity contribution in [3.63, 3.8) is 0 Å². The number of benzene rings is 1. The van der Waals surface area contributed by atoms with E-state index in [1.165, 1.54) is 0 Å². The van der Waals surface area contributed by atoms with Gasteiger partial charge in [-0.05, 0) is 44.9 Å². The molecular formula is C16H23NO4. The number of hydrogen-bond donors (Lipinski definition) is 2. The highest BCUT2D eigenvalue weighted by Crippen LogP contribution is 2.14. The Kier molecular flexibility index (Phi) is 5.76. The summed E-state index contributed by atoms with van der Waals surface area (Å²) in [6.45, 7) is 7.25. The van der Waals surface area contributed by atoms with Gasteiger partial charge >= 0.3 is 11.9 Å². The van der Waals surface area contributed by atoms with Gasteiger partial charge in [0.1, 0.15) is 12.1 Å². The molecule has 0 aliphatic carbocycles. The van der Waals surface area contributed by atoms with Crippen LogP contribution < -0.4 is 5.32 Å². The van der Waals surface area contributed by atoms with E-state index in [0.29, 0.717) is 6.42 Å².